The Balaban J connectivity index is 1.89. The highest BCUT2D eigenvalue weighted by molar-refractivity contribution is 9.10. The topological polar surface area (TPSA) is 73.9 Å². The first-order chi connectivity index (χ1) is 13.4. The van der Waals surface area contributed by atoms with Crippen molar-refractivity contribution < 1.29 is 23.8 Å². The maximum Gasteiger partial charge on any atom is 0.337 e. The van der Waals surface area contributed by atoms with E-state index in [1.54, 1.807) is 0 Å². The van der Waals surface area contributed by atoms with Crippen LogP contribution in [-0.2, 0) is 14.3 Å². The molecular weight excluding hydrogens is 426 g/mol. The van der Waals surface area contributed by atoms with Crippen molar-refractivity contribution in [3.05, 3.63) is 44.7 Å². The Morgan fingerprint density at radius 1 is 1.25 bits per heavy atom. The number of carbonyl (C=O) groups is 2. The van der Waals surface area contributed by atoms with E-state index < -0.39 is 11.9 Å². The number of allylic oxidation sites excluding steroid dienone is 3. The van der Waals surface area contributed by atoms with E-state index in [-0.39, 0.29) is 18.7 Å². The van der Waals surface area contributed by atoms with Crippen LogP contribution in [-0.4, -0.2) is 24.6 Å². The molecule has 1 aromatic rings. The highest BCUT2D eigenvalue weighted by atomic mass is 79.9. The average Bonchev–Trinajstić information content (AvgIpc) is 3.06. The van der Waals surface area contributed by atoms with Crippen molar-refractivity contribution in [1.29, 1.82) is 0 Å². The van der Waals surface area contributed by atoms with Gasteiger partial charge in [0.1, 0.15) is 0 Å². The highest BCUT2D eigenvalue weighted by Gasteiger charge is 2.40. The molecule has 1 unspecified atom stereocenters. The number of hydrogen-bond acceptors (Lipinski definition) is 6. The SMILES string of the molecule is CC1=C(C(=O)OC(C)C)C(c2cc3c(cc2Br)OCO3)C2=C(CCCC2=O)N1. The summed E-state index contributed by atoms with van der Waals surface area (Å²) in [6.45, 7) is 5.63. The molecule has 4 rings (SSSR count). The van der Waals surface area contributed by atoms with Gasteiger partial charge in [-0.25, -0.2) is 4.79 Å². The Kier molecular flexibility index (Phi) is 4.95. The van der Waals surface area contributed by atoms with Gasteiger partial charge >= 0.3 is 5.97 Å². The molecule has 0 bridgehead atoms. The molecule has 2 aliphatic heterocycles. The minimum atomic E-state index is -0.515. The molecule has 1 aliphatic carbocycles. The third-order valence-electron chi connectivity index (χ3n) is 5.14. The summed E-state index contributed by atoms with van der Waals surface area (Å²) < 4.78 is 17.3. The number of hydrogen-bond donors (Lipinski definition) is 1. The van der Waals surface area contributed by atoms with Crippen LogP contribution in [0.5, 0.6) is 11.5 Å². The summed E-state index contributed by atoms with van der Waals surface area (Å²) in [7, 11) is 0. The predicted molar refractivity (Wildman–Crippen MR) is 106 cm³/mol. The zero-order valence-corrected chi connectivity index (χ0v) is 17.6. The molecule has 6 nitrogen and oxygen atoms in total. The lowest BCUT2D eigenvalue weighted by atomic mass is 9.75. The lowest BCUT2D eigenvalue weighted by Gasteiger charge is -2.34. The number of nitrogens with one attached hydrogen (secondary N) is 1. The van der Waals surface area contributed by atoms with E-state index in [1.807, 2.05) is 32.9 Å². The molecular formula is C21H22BrNO5. The first-order valence-corrected chi connectivity index (χ1v) is 10.2. The lowest BCUT2D eigenvalue weighted by Crippen LogP contribution is -2.35. The fourth-order valence-electron chi connectivity index (χ4n) is 4.00. The number of halogens is 1. The second-order valence-corrected chi connectivity index (χ2v) is 8.30. The molecule has 0 aromatic heterocycles. The van der Waals surface area contributed by atoms with Crippen LogP contribution in [0.2, 0.25) is 0 Å². The van der Waals surface area contributed by atoms with Crippen molar-refractivity contribution in [3.8, 4) is 11.5 Å². The van der Waals surface area contributed by atoms with Crippen LogP contribution >= 0.6 is 15.9 Å². The van der Waals surface area contributed by atoms with Crippen LogP contribution in [0.1, 0.15) is 51.5 Å². The van der Waals surface area contributed by atoms with Crippen LogP contribution in [0, 0.1) is 0 Å². The van der Waals surface area contributed by atoms with Gasteiger partial charge in [-0.3, -0.25) is 4.79 Å². The van der Waals surface area contributed by atoms with E-state index in [9.17, 15) is 9.59 Å². The van der Waals surface area contributed by atoms with E-state index in [1.165, 1.54) is 0 Å². The number of Topliss-reactive ketones (excluding diaryl/α,β-unsaturated/α-hetero) is 1. The number of ether oxygens (including phenoxy) is 3. The molecule has 7 heteroatoms. The first kappa shape index (κ1) is 19.1. The van der Waals surface area contributed by atoms with Gasteiger partial charge in [0, 0.05) is 33.8 Å². The molecule has 28 heavy (non-hydrogen) atoms. The van der Waals surface area contributed by atoms with Gasteiger partial charge in [-0.1, -0.05) is 15.9 Å². The minimum absolute atomic E-state index is 0.0608. The van der Waals surface area contributed by atoms with E-state index in [0.29, 0.717) is 34.8 Å². The molecule has 148 valence electrons. The monoisotopic (exact) mass is 447 g/mol. The molecule has 1 atom stereocenters. The first-order valence-electron chi connectivity index (χ1n) is 9.41. The third-order valence-corrected chi connectivity index (χ3v) is 5.83. The third kappa shape index (κ3) is 3.21. The van der Waals surface area contributed by atoms with Gasteiger partial charge in [-0.15, -0.1) is 0 Å². The Morgan fingerprint density at radius 3 is 2.68 bits per heavy atom. The molecule has 2 heterocycles. The number of esters is 1. The molecule has 1 aromatic carbocycles. The smallest absolute Gasteiger partial charge is 0.337 e. The zero-order valence-electron chi connectivity index (χ0n) is 16.1. The molecule has 1 N–H and O–H groups in total. The maximum absolute atomic E-state index is 13.0. The highest BCUT2D eigenvalue weighted by Crippen LogP contribution is 2.48. The van der Waals surface area contributed by atoms with Gasteiger partial charge in [-0.05, 0) is 51.3 Å². The van der Waals surface area contributed by atoms with Gasteiger partial charge in [-0.2, -0.15) is 0 Å². The average molecular weight is 448 g/mol. The summed E-state index contributed by atoms with van der Waals surface area (Å²) in [5.74, 6) is 0.376. The summed E-state index contributed by atoms with van der Waals surface area (Å²) in [5.41, 5.74) is 3.51. The summed E-state index contributed by atoms with van der Waals surface area (Å²) >= 11 is 3.60. The molecule has 3 aliphatic rings. The van der Waals surface area contributed by atoms with Gasteiger partial charge < -0.3 is 19.5 Å². The minimum Gasteiger partial charge on any atom is -0.460 e. The van der Waals surface area contributed by atoms with E-state index in [2.05, 4.69) is 21.2 Å². The number of benzene rings is 1. The fourth-order valence-corrected chi connectivity index (χ4v) is 4.55. The van der Waals surface area contributed by atoms with Crippen molar-refractivity contribution in [1.82, 2.24) is 5.32 Å². The van der Waals surface area contributed by atoms with Gasteiger partial charge in [0.2, 0.25) is 6.79 Å². The van der Waals surface area contributed by atoms with Crippen molar-refractivity contribution in [2.24, 2.45) is 0 Å². The summed E-state index contributed by atoms with van der Waals surface area (Å²) in [6, 6.07) is 3.68. The summed E-state index contributed by atoms with van der Waals surface area (Å²) in [6.07, 6.45) is 1.80. The molecule has 0 saturated carbocycles. The van der Waals surface area contributed by atoms with Gasteiger partial charge in [0.15, 0.2) is 17.3 Å². The van der Waals surface area contributed by atoms with Crippen molar-refractivity contribution in [2.45, 2.75) is 52.1 Å². The molecule has 0 fully saturated rings. The van der Waals surface area contributed by atoms with Crippen molar-refractivity contribution >= 4 is 27.7 Å². The van der Waals surface area contributed by atoms with Crippen LogP contribution in [0.3, 0.4) is 0 Å². The number of dihydropyridines is 1. The zero-order chi connectivity index (χ0) is 20.0. The molecule has 0 radical (unpaired) electrons. The van der Waals surface area contributed by atoms with Crippen LogP contribution in [0.15, 0.2) is 39.1 Å². The van der Waals surface area contributed by atoms with Crippen LogP contribution < -0.4 is 14.8 Å². The number of carbonyl (C=O) groups excluding carboxylic acids is 2. The van der Waals surface area contributed by atoms with Crippen molar-refractivity contribution in [2.75, 3.05) is 6.79 Å². The van der Waals surface area contributed by atoms with E-state index in [0.717, 1.165) is 28.6 Å². The Morgan fingerprint density at radius 2 is 1.96 bits per heavy atom. The normalized spacial score (nSPS) is 21.0. The second kappa shape index (κ2) is 7.28. The molecule has 0 spiro atoms. The molecule has 0 saturated heterocycles. The maximum atomic E-state index is 13.0. The van der Waals surface area contributed by atoms with Crippen LogP contribution in [0.25, 0.3) is 0 Å². The Hall–Kier alpha value is -2.28. The van der Waals surface area contributed by atoms with E-state index in [4.69, 9.17) is 14.2 Å². The van der Waals surface area contributed by atoms with Crippen molar-refractivity contribution in [3.63, 3.8) is 0 Å². The Labute approximate surface area is 172 Å². The fraction of sp³-hybridized carbons (Fsp3) is 0.429. The number of rotatable bonds is 3. The largest absolute Gasteiger partial charge is 0.460 e. The summed E-state index contributed by atoms with van der Waals surface area (Å²) in [5, 5.41) is 3.29. The van der Waals surface area contributed by atoms with Gasteiger partial charge in [0.05, 0.1) is 11.7 Å². The summed E-state index contributed by atoms with van der Waals surface area (Å²) in [4.78, 5) is 25.9. The van der Waals surface area contributed by atoms with E-state index >= 15 is 0 Å². The predicted octanol–water partition coefficient (Wildman–Crippen LogP) is 4.10. The Bertz CT molecular complexity index is 931. The molecule has 0 amide bonds. The number of ketones is 1. The second-order valence-electron chi connectivity index (χ2n) is 7.45. The standard InChI is InChI=1S/C21H22BrNO5/c1-10(2)28-21(25)18-11(3)23-14-5-4-6-15(24)20(14)19(18)12-7-16-17(8-13(12)22)27-9-26-16/h7-8,10,19,23H,4-6,9H2,1-3H3. The number of fused-ring (bicyclic) bond motifs is 1. The van der Waals surface area contributed by atoms with Gasteiger partial charge in [0.25, 0.3) is 0 Å². The quantitative estimate of drug-likeness (QED) is 0.703. The van der Waals surface area contributed by atoms with Crippen LogP contribution in [0.4, 0.5) is 0 Å². The lowest BCUT2D eigenvalue weighted by molar-refractivity contribution is -0.143.